The summed E-state index contributed by atoms with van der Waals surface area (Å²) in [5, 5.41) is 0. The van der Waals surface area contributed by atoms with E-state index in [1.165, 1.54) is 0 Å². The number of hydrogen-bond acceptors (Lipinski definition) is 3. The minimum atomic E-state index is -1.85. The van der Waals surface area contributed by atoms with Gasteiger partial charge in [-0.15, -0.1) is 0 Å². The normalized spacial score (nSPS) is 14.0. The third kappa shape index (κ3) is 3.99. The summed E-state index contributed by atoms with van der Waals surface area (Å²) in [5.74, 6) is 0. The molecular formula is C3H10NO2P. The van der Waals surface area contributed by atoms with Crippen LogP contribution in [0.25, 0.3) is 0 Å². The van der Waals surface area contributed by atoms with Gasteiger partial charge in [0.25, 0.3) is 0 Å². The third-order valence-corrected chi connectivity index (χ3v) is 1.42. The monoisotopic (exact) mass is 123 g/mol. The van der Waals surface area contributed by atoms with Crippen LogP contribution in [-0.2, 0) is 9.09 Å². The Morgan fingerprint density at radius 1 is 1.86 bits per heavy atom. The fraction of sp³-hybridized carbons (Fsp3) is 1.00. The molecule has 1 atom stereocenters. The van der Waals surface area contributed by atoms with Crippen LogP contribution < -0.4 is 5.73 Å². The molecule has 0 bridgehead atoms. The quantitative estimate of drug-likeness (QED) is 0.553. The van der Waals surface area contributed by atoms with Crippen LogP contribution in [0.3, 0.4) is 0 Å². The third-order valence-electron chi connectivity index (χ3n) is 0.472. The molecule has 7 heavy (non-hydrogen) atoms. The van der Waals surface area contributed by atoms with Crippen molar-refractivity contribution in [1.82, 2.24) is 0 Å². The fourth-order valence-corrected chi connectivity index (χ4v) is 0.660. The van der Waals surface area contributed by atoms with Crippen LogP contribution in [0.15, 0.2) is 0 Å². The molecule has 0 heterocycles. The molecule has 0 aliphatic carbocycles. The molecule has 44 valence electrons. The molecule has 0 rings (SSSR count). The van der Waals surface area contributed by atoms with Gasteiger partial charge in [-0.1, -0.05) is 0 Å². The van der Waals surface area contributed by atoms with E-state index in [9.17, 15) is 4.57 Å². The Morgan fingerprint density at radius 2 is 2.43 bits per heavy atom. The van der Waals surface area contributed by atoms with Crippen LogP contribution in [0, 0.1) is 0 Å². The van der Waals surface area contributed by atoms with Crippen molar-refractivity contribution in [2.45, 2.75) is 6.92 Å². The lowest BCUT2D eigenvalue weighted by Crippen LogP contribution is -1.93. The van der Waals surface area contributed by atoms with Gasteiger partial charge in [0.15, 0.2) is 0 Å². The Kier molecular flexibility index (Phi) is 4.41. The summed E-state index contributed by atoms with van der Waals surface area (Å²) in [6, 6.07) is 0. The zero-order chi connectivity index (χ0) is 5.70. The SMILES string of the molecule is CCO[PH](=O)CN. The molecule has 0 aliphatic rings. The maximum Gasteiger partial charge on any atom is 0.204 e. The lowest BCUT2D eigenvalue weighted by molar-refractivity contribution is 0.351. The van der Waals surface area contributed by atoms with E-state index in [4.69, 9.17) is 5.73 Å². The molecule has 0 aromatic carbocycles. The van der Waals surface area contributed by atoms with Crippen molar-refractivity contribution in [3.63, 3.8) is 0 Å². The Bertz CT molecular complexity index is 66.0. The number of rotatable bonds is 3. The standard InChI is InChI=1S/C3H10NO2P/c1-2-6-7(5)3-4/h7H,2-4H2,1H3. The van der Waals surface area contributed by atoms with E-state index in [-0.39, 0.29) is 6.29 Å². The van der Waals surface area contributed by atoms with Gasteiger partial charge in [-0.3, -0.25) is 4.57 Å². The van der Waals surface area contributed by atoms with Gasteiger partial charge in [-0.2, -0.15) is 0 Å². The molecule has 0 saturated heterocycles. The predicted molar refractivity (Wildman–Crippen MR) is 29.7 cm³/mol. The van der Waals surface area contributed by atoms with E-state index < -0.39 is 8.03 Å². The van der Waals surface area contributed by atoms with Crippen molar-refractivity contribution in [1.29, 1.82) is 0 Å². The van der Waals surface area contributed by atoms with Crippen molar-refractivity contribution in [3.8, 4) is 0 Å². The van der Waals surface area contributed by atoms with Crippen LogP contribution in [0.4, 0.5) is 0 Å². The summed E-state index contributed by atoms with van der Waals surface area (Å²) in [7, 11) is -1.85. The molecule has 3 nitrogen and oxygen atoms in total. The Hall–Kier alpha value is 0.150. The number of nitrogens with two attached hydrogens (primary N) is 1. The lowest BCUT2D eigenvalue weighted by atomic mass is 10.9. The van der Waals surface area contributed by atoms with Gasteiger partial charge in [0, 0.05) is 0 Å². The van der Waals surface area contributed by atoms with E-state index in [2.05, 4.69) is 4.52 Å². The first-order valence-corrected chi connectivity index (χ1v) is 3.69. The van der Waals surface area contributed by atoms with Crippen molar-refractivity contribution in [2.24, 2.45) is 5.73 Å². The first-order valence-electron chi connectivity index (χ1n) is 2.17. The topological polar surface area (TPSA) is 52.3 Å². The van der Waals surface area contributed by atoms with Gasteiger partial charge in [0.2, 0.25) is 8.03 Å². The highest BCUT2D eigenvalue weighted by atomic mass is 31.1. The van der Waals surface area contributed by atoms with Gasteiger partial charge in [-0.05, 0) is 6.92 Å². The molecular weight excluding hydrogens is 113 g/mol. The van der Waals surface area contributed by atoms with Gasteiger partial charge >= 0.3 is 0 Å². The van der Waals surface area contributed by atoms with Crippen LogP contribution in [-0.4, -0.2) is 12.9 Å². The number of hydrogen-bond donors (Lipinski definition) is 1. The summed E-state index contributed by atoms with van der Waals surface area (Å²) in [4.78, 5) is 0. The molecule has 0 radical (unpaired) electrons. The molecule has 0 aromatic heterocycles. The summed E-state index contributed by atoms with van der Waals surface area (Å²) in [6.45, 7) is 2.28. The van der Waals surface area contributed by atoms with Crippen LogP contribution in [0.5, 0.6) is 0 Å². The molecule has 0 fully saturated rings. The minimum Gasteiger partial charge on any atom is -0.330 e. The van der Waals surface area contributed by atoms with E-state index >= 15 is 0 Å². The second-order valence-electron chi connectivity index (χ2n) is 1.01. The molecule has 0 amide bonds. The summed E-state index contributed by atoms with van der Waals surface area (Å²) < 4.78 is 14.9. The highest BCUT2D eigenvalue weighted by molar-refractivity contribution is 7.39. The maximum absolute atomic E-state index is 10.2. The molecule has 0 saturated carbocycles. The summed E-state index contributed by atoms with van der Waals surface area (Å²) in [5.41, 5.74) is 4.97. The molecule has 2 N–H and O–H groups in total. The van der Waals surface area contributed by atoms with E-state index in [0.29, 0.717) is 6.61 Å². The smallest absolute Gasteiger partial charge is 0.204 e. The van der Waals surface area contributed by atoms with E-state index in [0.717, 1.165) is 0 Å². The Balaban J connectivity index is 3.00. The molecule has 0 aromatic rings. The first-order chi connectivity index (χ1) is 3.31. The molecule has 4 heteroatoms. The van der Waals surface area contributed by atoms with Crippen molar-refractivity contribution >= 4 is 8.03 Å². The molecule has 0 aliphatic heterocycles. The van der Waals surface area contributed by atoms with Crippen molar-refractivity contribution in [3.05, 3.63) is 0 Å². The second kappa shape index (κ2) is 4.31. The van der Waals surface area contributed by atoms with Crippen molar-refractivity contribution in [2.75, 3.05) is 12.9 Å². The molecule has 1 unspecified atom stereocenters. The van der Waals surface area contributed by atoms with Gasteiger partial charge in [0.05, 0.1) is 12.9 Å². The summed E-state index contributed by atoms with van der Waals surface area (Å²) in [6.07, 6.45) is 0.165. The zero-order valence-corrected chi connectivity index (χ0v) is 5.31. The van der Waals surface area contributed by atoms with E-state index in [1.807, 2.05) is 0 Å². The second-order valence-corrected chi connectivity index (χ2v) is 2.45. The van der Waals surface area contributed by atoms with Gasteiger partial charge < -0.3 is 10.3 Å². The lowest BCUT2D eigenvalue weighted by Gasteiger charge is -1.93. The van der Waals surface area contributed by atoms with Gasteiger partial charge in [-0.25, -0.2) is 0 Å². The molecule has 0 spiro atoms. The average Bonchev–Trinajstić information content (AvgIpc) is 1.68. The van der Waals surface area contributed by atoms with Crippen molar-refractivity contribution < 1.29 is 9.09 Å². The van der Waals surface area contributed by atoms with Crippen LogP contribution >= 0.6 is 8.03 Å². The Labute approximate surface area is 43.7 Å². The zero-order valence-electron chi connectivity index (χ0n) is 4.31. The highest BCUT2D eigenvalue weighted by Gasteiger charge is 1.88. The van der Waals surface area contributed by atoms with E-state index in [1.54, 1.807) is 6.92 Å². The Morgan fingerprint density at radius 3 is 2.57 bits per heavy atom. The first kappa shape index (κ1) is 7.15. The minimum absolute atomic E-state index is 0.165. The van der Waals surface area contributed by atoms with Crippen LogP contribution in [0.2, 0.25) is 0 Å². The summed E-state index contributed by atoms with van der Waals surface area (Å²) >= 11 is 0. The largest absolute Gasteiger partial charge is 0.330 e. The van der Waals surface area contributed by atoms with Gasteiger partial charge in [0.1, 0.15) is 0 Å². The fourth-order valence-electron chi connectivity index (χ4n) is 0.220. The maximum atomic E-state index is 10.2. The highest BCUT2D eigenvalue weighted by Crippen LogP contribution is 2.16. The predicted octanol–water partition coefficient (Wildman–Crippen LogP) is 0.414. The average molecular weight is 123 g/mol. The van der Waals surface area contributed by atoms with Crippen LogP contribution in [0.1, 0.15) is 6.92 Å².